The van der Waals surface area contributed by atoms with Crippen LogP contribution in [0.25, 0.3) is 0 Å². The number of carbonyl (C=O) groups is 1. The number of hydrogen-bond donors (Lipinski definition) is 1. The summed E-state index contributed by atoms with van der Waals surface area (Å²) in [7, 11) is 1.57. The molecule has 2 aromatic rings. The molecule has 0 spiro atoms. The summed E-state index contributed by atoms with van der Waals surface area (Å²) in [6.45, 7) is 0.786. The highest BCUT2D eigenvalue weighted by molar-refractivity contribution is 7.08. The van der Waals surface area contributed by atoms with Gasteiger partial charge in [0.1, 0.15) is 6.61 Å². The highest BCUT2D eigenvalue weighted by Crippen LogP contribution is 2.05. The normalized spacial score (nSPS) is 10.5. The summed E-state index contributed by atoms with van der Waals surface area (Å²) in [6.07, 6.45) is 0.507. The molecule has 1 amide bonds. The molecule has 6 nitrogen and oxygen atoms in total. The number of nitrogens with one attached hydrogen (secondary N) is 1. The first-order valence-corrected chi connectivity index (χ1v) is 6.34. The summed E-state index contributed by atoms with van der Waals surface area (Å²) < 4.78 is 9.88. The van der Waals surface area contributed by atoms with Gasteiger partial charge in [-0.15, -0.1) is 0 Å². The van der Waals surface area contributed by atoms with Gasteiger partial charge in [0.2, 0.25) is 5.89 Å². The second-order valence-corrected chi connectivity index (χ2v) is 4.34. The van der Waals surface area contributed by atoms with E-state index in [4.69, 9.17) is 9.26 Å². The smallest absolute Gasteiger partial charge is 0.252 e. The fourth-order valence-corrected chi connectivity index (χ4v) is 1.99. The Kier molecular flexibility index (Phi) is 4.43. The average Bonchev–Trinajstić information content (AvgIpc) is 3.00. The van der Waals surface area contributed by atoms with E-state index in [1.165, 1.54) is 11.3 Å². The van der Waals surface area contributed by atoms with E-state index < -0.39 is 0 Å². The molecule has 2 aromatic heterocycles. The number of methoxy groups -OCH3 is 1. The third-order valence-electron chi connectivity index (χ3n) is 2.19. The van der Waals surface area contributed by atoms with Gasteiger partial charge in [-0.3, -0.25) is 4.79 Å². The van der Waals surface area contributed by atoms with E-state index in [0.717, 1.165) is 0 Å². The van der Waals surface area contributed by atoms with Gasteiger partial charge in [0.05, 0.1) is 0 Å². The van der Waals surface area contributed by atoms with Crippen LogP contribution in [0, 0.1) is 0 Å². The minimum atomic E-state index is -0.0899. The first kappa shape index (κ1) is 12.7. The molecule has 0 aromatic carbocycles. The predicted molar refractivity (Wildman–Crippen MR) is 65.4 cm³/mol. The Morgan fingerprint density at radius 1 is 1.61 bits per heavy atom. The third-order valence-corrected chi connectivity index (χ3v) is 2.87. The van der Waals surface area contributed by atoms with Crippen molar-refractivity contribution in [3.63, 3.8) is 0 Å². The maximum Gasteiger partial charge on any atom is 0.252 e. The standard InChI is InChI=1S/C11H13N3O3S/c1-16-6-9-13-10(17-14-9)2-4-12-11(15)8-3-5-18-7-8/h3,5,7H,2,4,6H2,1H3,(H,12,15). The molecule has 0 unspecified atom stereocenters. The highest BCUT2D eigenvalue weighted by atomic mass is 32.1. The number of ether oxygens (including phenoxy) is 1. The van der Waals surface area contributed by atoms with Gasteiger partial charge in [-0.25, -0.2) is 0 Å². The lowest BCUT2D eigenvalue weighted by atomic mass is 10.3. The number of aromatic nitrogens is 2. The minimum absolute atomic E-state index is 0.0899. The molecule has 0 fully saturated rings. The van der Waals surface area contributed by atoms with E-state index in [9.17, 15) is 4.79 Å². The van der Waals surface area contributed by atoms with E-state index in [0.29, 0.717) is 36.9 Å². The van der Waals surface area contributed by atoms with E-state index in [2.05, 4.69) is 15.5 Å². The number of carbonyl (C=O) groups excluding carboxylic acids is 1. The summed E-state index contributed by atoms with van der Waals surface area (Å²) in [5, 5.41) is 10.2. The van der Waals surface area contributed by atoms with Crippen LogP contribution in [0.3, 0.4) is 0 Å². The molecule has 0 radical (unpaired) electrons. The van der Waals surface area contributed by atoms with E-state index >= 15 is 0 Å². The Hall–Kier alpha value is -1.73. The second kappa shape index (κ2) is 6.27. The van der Waals surface area contributed by atoms with Gasteiger partial charge in [0.25, 0.3) is 5.91 Å². The highest BCUT2D eigenvalue weighted by Gasteiger charge is 2.08. The van der Waals surface area contributed by atoms with Crippen molar-refractivity contribution in [2.45, 2.75) is 13.0 Å². The fourth-order valence-electron chi connectivity index (χ4n) is 1.36. The molecule has 18 heavy (non-hydrogen) atoms. The molecule has 0 atom stereocenters. The van der Waals surface area contributed by atoms with Crippen molar-refractivity contribution in [2.24, 2.45) is 0 Å². The number of amides is 1. The van der Waals surface area contributed by atoms with Crippen LogP contribution < -0.4 is 5.32 Å². The quantitative estimate of drug-likeness (QED) is 0.852. The summed E-state index contributed by atoms with van der Waals surface area (Å²) in [5.41, 5.74) is 0.672. The van der Waals surface area contributed by atoms with Crippen LogP contribution in [-0.2, 0) is 17.8 Å². The average molecular weight is 267 g/mol. The molecule has 0 bridgehead atoms. The molecule has 0 saturated carbocycles. The summed E-state index contributed by atoms with van der Waals surface area (Å²) in [4.78, 5) is 15.7. The Morgan fingerprint density at radius 2 is 2.50 bits per heavy atom. The maximum absolute atomic E-state index is 11.6. The van der Waals surface area contributed by atoms with Crippen LogP contribution >= 0.6 is 11.3 Å². The first-order chi connectivity index (χ1) is 8.79. The van der Waals surface area contributed by atoms with Crippen LogP contribution in [0.2, 0.25) is 0 Å². The summed E-state index contributed by atoms with van der Waals surface area (Å²) >= 11 is 1.49. The molecule has 0 aliphatic heterocycles. The Morgan fingerprint density at radius 3 is 3.22 bits per heavy atom. The zero-order valence-corrected chi connectivity index (χ0v) is 10.7. The van der Waals surface area contributed by atoms with E-state index in [1.54, 1.807) is 18.6 Å². The number of hydrogen-bond acceptors (Lipinski definition) is 6. The lowest BCUT2D eigenvalue weighted by Gasteiger charge is -2.00. The van der Waals surface area contributed by atoms with Gasteiger partial charge >= 0.3 is 0 Å². The largest absolute Gasteiger partial charge is 0.377 e. The lowest BCUT2D eigenvalue weighted by Crippen LogP contribution is -2.25. The number of rotatable bonds is 6. The molecule has 2 heterocycles. The van der Waals surface area contributed by atoms with Crippen LogP contribution in [0.15, 0.2) is 21.3 Å². The summed E-state index contributed by atoms with van der Waals surface area (Å²) in [5.74, 6) is 0.914. The predicted octanol–water partition coefficient (Wildman–Crippen LogP) is 1.25. The van der Waals surface area contributed by atoms with Gasteiger partial charge in [-0.05, 0) is 11.4 Å². The van der Waals surface area contributed by atoms with E-state index in [-0.39, 0.29) is 5.91 Å². The van der Waals surface area contributed by atoms with Crippen molar-refractivity contribution in [1.29, 1.82) is 0 Å². The van der Waals surface area contributed by atoms with Gasteiger partial charge in [0.15, 0.2) is 5.82 Å². The molecule has 96 valence electrons. The third kappa shape index (κ3) is 3.38. The molecule has 0 aliphatic carbocycles. The van der Waals surface area contributed by atoms with Gasteiger partial charge in [-0.1, -0.05) is 5.16 Å². The van der Waals surface area contributed by atoms with E-state index in [1.807, 2.05) is 5.38 Å². The van der Waals surface area contributed by atoms with Crippen LogP contribution in [0.1, 0.15) is 22.1 Å². The Bertz CT molecular complexity index is 495. The van der Waals surface area contributed by atoms with Gasteiger partial charge in [0, 0.05) is 31.0 Å². The zero-order valence-electron chi connectivity index (χ0n) is 9.88. The van der Waals surface area contributed by atoms with Crippen LogP contribution in [-0.4, -0.2) is 29.7 Å². The van der Waals surface area contributed by atoms with Gasteiger partial charge in [-0.2, -0.15) is 16.3 Å². The van der Waals surface area contributed by atoms with Crippen molar-refractivity contribution in [3.05, 3.63) is 34.1 Å². The zero-order chi connectivity index (χ0) is 12.8. The number of nitrogens with zero attached hydrogens (tertiary/aromatic N) is 2. The second-order valence-electron chi connectivity index (χ2n) is 3.56. The fraction of sp³-hybridized carbons (Fsp3) is 0.364. The molecule has 7 heteroatoms. The van der Waals surface area contributed by atoms with Crippen LogP contribution in [0.4, 0.5) is 0 Å². The minimum Gasteiger partial charge on any atom is -0.377 e. The van der Waals surface area contributed by atoms with Crippen molar-refractivity contribution >= 4 is 17.2 Å². The molecule has 1 N–H and O–H groups in total. The monoisotopic (exact) mass is 267 g/mol. The Balaban J connectivity index is 1.76. The first-order valence-electron chi connectivity index (χ1n) is 5.40. The topological polar surface area (TPSA) is 77.3 Å². The molecule has 0 saturated heterocycles. The lowest BCUT2D eigenvalue weighted by molar-refractivity contribution is 0.0954. The summed E-state index contributed by atoms with van der Waals surface area (Å²) in [6, 6.07) is 1.78. The van der Waals surface area contributed by atoms with Crippen molar-refractivity contribution in [2.75, 3.05) is 13.7 Å². The SMILES string of the molecule is COCc1noc(CCNC(=O)c2ccsc2)n1. The van der Waals surface area contributed by atoms with Gasteiger partial charge < -0.3 is 14.6 Å². The molecule has 2 rings (SSSR count). The van der Waals surface area contributed by atoms with Crippen molar-refractivity contribution < 1.29 is 14.1 Å². The van der Waals surface area contributed by atoms with Crippen LogP contribution in [0.5, 0.6) is 0 Å². The molecular formula is C11H13N3O3S. The number of thiophene rings is 1. The molecule has 0 aliphatic rings. The Labute approximate surface area is 108 Å². The maximum atomic E-state index is 11.6. The molecular weight excluding hydrogens is 254 g/mol. The van der Waals surface area contributed by atoms with Crippen molar-refractivity contribution in [1.82, 2.24) is 15.5 Å². The van der Waals surface area contributed by atoms with Crippen molar-refractivity contribution in [3.8, 4) is 0 Å².